The van der Waals surface area contributed by atoms with E-state index in [4.69, 9.17) is 5.10 Å². The Morgan fingerprint density at radius 2 is 1.77 bits per heavy atom. The third-order valence-electron chi connectivity index (χ3n) is 7.83. The van der Waals surface area contributed by atoms with E-state index in [0.717, 1.165) is 69.8 Å². The maximum atomic E-state index is 15.1. The molecule has 3 aromatic heterocycles. The van der Waals surface area contributed by atoms with E-state index in [2.05, 4.69) is 42.0 Å². The molecule has 0 saturated heterocycles. The number of nitrogens with one attached hydrogen (secondary N) is 1. The van der Waals surface area contributed by atoms with Crippen LogP contribution in [0.1, 0.15) is 47.4 Å². The van der Waals surface area contributed by atoms with Crippen LogP contribution >= 0.6 is 0 Å². The summed E-state index contributed by atoms with van der Waals surface area (Å²) in [5.41, 5.74) is 7.15. The van der Waals surface area contributed by atoms with Crippen molar-refractivity contribution in [2.45, 2.75) is 52.8 Å². The lowest BCUT2D eigenvalue weighted by Gasteiger charge is -2.28. The van der Waals surface area contributed by atoms with Gasteiger partial charge in [0.2, 0.25) is 0 Å². The molecule has 0 saturated carbocycles. The summed E-state index contributed by atoms with van der Waals surface area (Å²) in [7, 11) is 0. The molecule has 6 rings (SSSR count). The van der Waals surface area contributed by atoms with Gasteiger partial charge in [-0.05, 0) is 60.7 Å². The number of nitrogens with zero attached hydrogens (tertiary/aromatic N) is 4. The van der Waals surface area contributed by atoms with Crippen molar-refractivity contribution in [3.63, 3.8) is 0 Å². The molecule has 0 atom stereocenters. The molecule has 1 aliphatic rings. The number of aromatic nitrogens is 4. The number of benzene rings is 2. The van der Waals surface area contributed by atoms with Crippen molar-refractivity contribution < 1.29 is 17.6 Å². The number of hydrogen-bond acceptors (Lipinski definition) is 3. The minimum atomic E-state index is -4.44. The van der Waals surface area contributed by atoms with Crippen LogP contribution in [0.4, 0.5) is 23.4 Å². The molecule has 2 aromatic carbocycles. The molecule has 1 aliphatic heterocycles. The minimum absolute atomic E-state index is 0.289. The van der Waals surface area contributed by atoms with E-state index in [1.165, 1.54) is 6.07 Å². The lowest BCUT2D eigenvalue weighted by molar-refractivity contribution is -0.137. The van der Waals surface area contributed by atoms with E-state index in [0.29, 0.717) is 36.4 Å². The number of alkyl halides is 3. The monoisotopic (exact) mass is 547 g/mol. The fourth-order valence-electron chi connectivity index (χ4n) is 5.76. The molecule has 9 heteroatoms. The van der Waals surface area contributed by atoms with Crippen LogP contribution in [0, 0.1) is 12.7 Å². The highest BCUT2D eigenvalue weighted by Gasteiger charge is 2.32. The van der Waals surface area contributed by atoms with Gasteiger partial charge in [-0.15, -0.1) is 0 Å². The van der Waals surface area contributed by atoms with Crippen LogP contribution in [0.5, 0.6) is 0 Å². The fraction of sp³-hybridized carbons (Fsp3) is 0.290. The second-order valence-electron chi connectivity index (χ2n) is 10.2. The van der Waals surface area contributed by atoms with E-state index in [9.17, 15) is 13.2 Å². The van der Waals surface area contributed by atoms with Crippen molar-refractivity contribution >= 4 is 16.7 Å². The molecule has 0 aliphatic carbocycles. The van der Waals surface area contributed by atoms with Crippen LogP contribution in [-0.4, -0.2) is 26.3 Å². The van der Waals surface area contributed by atoms with Gasteiger partial charge in [-0.2, -0.15) is 18.3 Å². The van der Waals surface area contributed by atoms with E-state index in [1.54, 1.807) is 13.1 Å². The van der Waals surface area contributed by atoms with Gasteiger partial charge in [0.25, 0.3) is 0 Å². The Bertz CT molecular complexity index is 1690. The van der Waals surface area contributed by atoms with Crippen LogP contribution in [0.15, 0.2) is 54.9 Å². The fourth-order valence-corrected chi connectivity index (χ4v) is 5.76. The first-order valence-electron chi connectivity index (χ1n) is 13.5. The molecule has 0 unspecified atom stereocenters. The number of aromatic amines is 1. The zero-order valence-corrected chi connectivity index (χ0v) is 22.5. The molecule has 0 radical (unpaired) electrons. The van der Waals surface area contributed by atoms with Crippen molar-refractivity contribution in [2.24, 2.45) is 0 Å². The van der Waals surface area contributed by atoms with Gasteiger partial charge in [0.1, 0.15) is 11.6 Å². The first-order valence-corrected chi connectivity index (χ1v) is 13.5. The molecule has 0 fully saturated rings. The van der Waals surface area contributed by atoms with Crippen LogP contribution < -0.4 is 4.90 Å². The maximum absolute atomic E-state index is 15.1. The smallest absolute Gasteiger partial charge is 0.359 e. The number of pyridine rings is 1. The van der Waals surface area contributed by atoms with Gasteiger partial charge in [-0.25, -0.2) is 14.1 Å². The first kappa shape index (κ1) is 26.1. The highest BCUT2D eigenvalue weighted by Crippen LogP contribution is 2.40. The standard InChI is InChI=1S/C31H29F4N5/c1-4-19-7-6-8-20(5-2)29(19)40-30(23-15-18(3)27(32)28-22(23)11-13-36-28)24-17-39(14-12-25(24)38-40)26-10-9-21(16-37-26)31(33,34)35/h6-11,13,15-16,36H,4-5,12,14,17H2,1-3H3. The third-order valence-corrected chi connectivity index (χ3v) is 7.83. The Labute approximate surface area is 229 Å². The Kier molecular flexibility index (Phi) is 6.40. The van der Waals surface area contributed by atoms with Gasteiger partial charge in [0.15, 0.2) is 0 Å². The highest BCUT2D eigenvalue weighted by molar-refractivity contribution is 5.96. The Morgan fingerprint density at radius 1 is 1.02 bits per heavy atom. The number of para-hydroxylation sites is 1. The molecule has 0 bridgehead atoms. The molecule has 5 nitrogen and oxygen atoms in total. The molecule has 206 valence electrons. The average Bonchev–Trinajstić information content (AvgIpc) is 3.59. The van der Waals surface area contributed by atoms with Gasteiger partial charge in [-0.1, -0.05) is 32.0 Å². The molecule has 4 heterocycles. The molecule has 5 aromatic rings. The molecule has 40 heavy (non-hydrogen) atoms. The number of H-pyrrole nitrogens is 1. The zero-order chi connectivity index (χ0) is 28.2. The van der Waals surface area contributed by atoms with Crippen LogP contribution in [-0.2, 0) is 32.0 Å². The second-order valence-corrected chi connectivity index (χ2v) is 10.2. The van der Waals surface area contributed by atoms with Crippen molar-refractivity contribution in [3.8, 4) is 16.9 Å². The van der Waals surface area contributed by atoms with Gasteiger partial charge in [0, 0.05) is 48.4 Å². The van der Waals surface area contributed by atoms with Crippen LogP contribution in [0.25, 0.3) is 27.8 Å². The lowest BCUT2D eigenvalue weighted by atomic mass is 9.96. The quantitative estimate of drug-likeness (QED) is 0.231. The molecule has 1 N–H and O–H groups in total. The van der Waals surface area contributed by atoms with Crippen molar-refractivity contribution in [3.05, 3.63) is 94.2 Å². The Morgan fingerprint density at radius 3 is 2.42 bits per heavy atom. The largest absolute Gasteiger partial charge is 0.417 e. The van der Waals surface area contributed by atoms with Gasteiger partial charge >= 0.3 is 6.18 Å². The van der Waals surface area contributed by atoms with Gasteiger partial charge in [-0.3, -0.25) is 0 Å². The third kappa shape index (κ3) is 4.24. The summed E-state index contributed by atoms with van der Waals surface area (Å²) in [5, 5.41) is 5.90. The Balaban J connectivity index is 1.57. The summed E-state index contributed by atoms with van der Waals surface area (Å²) in [4.78, 5) is 9.19. The lowest BCUT2D eigenvalue weighted by Crippen LogP contribution is -2.31. The van der Waals surface area contributed by atoms with E-state index >= 15 is 4.39 Å². The van der Waals surface area contributed by atoms with Gasteiger partial charge < -0.3 is 9.88 Å². The predicted octanol–water partition coefficient (Wildman–Crippen LogP) is 7.57. The molecule has 0 amide bonds. The van der Waals surface area contributed by atoms with E-state index < -0.39 is 11.7 Å². The summed E-state index contributed by atoms with van der Waals surface area (Å²) in [6, 6.07) is 12.5. The summed E-state index contributed by atoms with van der Waals surface area (Å²) >= 11 is 0. The minimum Gasteiger partial charge on any atom is -0.359 e. The number of anilines is 1. The topological polar surface area (TPSA) is 49.7 Å². The summed E-state index contributed by atoms with van der Waals surface area (Å²) in [5.74, 6) is 0.185. The van der Waals surface area contributed by atoms with Crippen molar-refractivity contribution in [1.29, 1.82) is 0 Å². The zero-order valence-electron chi connectivity index (χ0n) is 22.5. The Hall–Kier alpha value is -4.14. The highest BCUT2D eigenvalue weighted by atomic mass is 19.4. The summed E-state index contributed by atoms with van der Waals surface area (Å²) in [6.45, 7) is 6.97. The average molecular weight is 548 g/mol. The molecular formula is C31H29F4N5. The molecule has 0 spiro atoms. The van der Waals surface area contributed by atoms with Crippen molar-refractivity contribution in [1.82, 2.24) is 19.7 Å². The van der Waals surface area contributed by atoms with Crippen LogP contribution in [0.3, 0.4) is 0 Å². The number of halogens is 4. The van der Waals surface area contributed by atoms with E-state index in [-0.39, 0.29) is 5.82 Å². The van der Waals surface area contributed by atoms with Crippen molar-refractivity contribution in [2.75, 3.05) is 11.4 Å². The first-order chi connectivity index (χ1) is 19.2. The van der Waals surface area contributed by atoms with Crippen LogP contribution in [0.2, 0.25) is 0 Å². The molecular weight excluding hydrogens is 518 g/mol. The number of fused-ring (bicyclic) bond motifs is 2. The number of hydrogen-bond donors (Lipinski definition) is 1. The predicted molar refractivity (Wildman–Crippen MR) is 148 cm³/mol. The second kappa shape index (κ2) is 9.80. The SMILES string of the molecule is CCc1cccc(CC)c1-n1nc2c(c1-c1cc(C)c(F)c3[nH]ccc13)CN(c1ccc(C(F)(F)F)cn1)CC2. The number of rotatable bonds is 5. The maximum Gasteiger partial charge on any atom is 0.417 e. The summed E-state index contributed by atoms with van der Waals surface area (Å²) < 4.78 is 56.6. The number of aryl methyl sites for hydroxylation is 3. The summed E-state index contributed by atoms with van der Waals surface area (Å²) in [6.07, 6.45) is 0.408. The van der Waals surface area contributed by atoms with Gasteiger partial charge in [0.05, 0.1) is 28.2 Å². The van der Waals surface area contributed by atoms with E-state index in [1.807, 2.05) is 21.7 Å². The normalized spacial score (nSPS) is 13.7.